The van der Waals surface area contributed by atoms with E-state index >= 15 is 0 Å². The molecule has 0 aromatic heterocycles. The predicted molar refractivity (Wildman–Crippen MR) is 60.6 cm³/mol. The van der Waals surface area contributed by atoms with Crippen LogP contribution in [0, 0.1) is 12.8 Å². The van der Waals surface area contributed by atoms with Gasteiger partial charge in [0.2, 0.25) is 0 Å². The van der Waals surface area contributed by atoms with Gasteiger partial charge in [0.05, 0.1) is 0 Å². The van der Waals surface area contributed by atoms with Crippen molar-refractivity contribution in [1.82, 2.24) is 0 Å². The summed E-state index contributed by atoms with van der Waals surface area (Å²) in [4.78, 5) is 0. The van der Waals surface area contributed by atoms with Gasteiger partial charge in [0, 0.05) is 5.69 Å². The molecule has 0 unspecified atom stereocenters. The Bertz CT molecular complexity index is 230. The fourth-order valence-electron chi connectivity index (χ4n) is 0.587. The average Bonchev–Trinajstić information content (AvgIpc) is 2.11. The fraction of sp³-hybridized carbons (Fsp3) is 0.333. The molecular weight excluding hydrogens is 158 g/mol. The van der Waals surface area contributed by atoms with Gasteiger partial charge in [0.25, 0.3) is 0 Å². The maximum absolute atomic E-state index is 5.52. The Morgan fingerprint density at radius 1 is 1.31 bits per heavy atom. The molecular formula is C12H19N. The van der Waals surface area contributed by atoms with Gasteiger partial charge in [0.15, 0.2) is 0 Å². The van der Waals surface area contributed by atoms with Gasteiger partial charge < -0.3 is 5.73 Å². The lowest BCUT2D eigenvalue weighted by atomic mass is 10.2. The molecule has 1 aromatic rings. The Morgan fingerprint density at radius 2 is 1.77 bits per heavy atom. The highest BCUT2D eigenvalue weighted by Gasteiger charge is 1.84. The number of benzene rings is 1. The van der Waals surface area contributed by atoms with Crippen LogP contribution in [0.25, 0.3) is 0 Å². The van der Waals surface area contributed by atoms with Crippen LogP contribution in [-0.4, -0.2) is 0 Å². The van der Waals surface area contributed by atoms with Crippen LogP contribution < -0.4 is 5.73 Å². The van der Waals surface area contributed by atoms with Gasteiger partial charge in [-0.15, -0.1) is 6.58 Å². The molecule has 0 amide bonds. The number of allylic oxidation sites excluding steroid dienone is 1. The Morgan fingerprint density at radius 3 is 2.00 bits per heavy atom. The third kappa shape index (κ3) is 5.97. The summed E-state index contributed by atoms with van der Waals surface area (Å²) >= 11 is 0. The predicted octanol–water partition coefficient (Wildman–Crippen LogP) is 3.41. The second kappa shape index (κ2) is 6.30. The molecule has 0 saturated carbocycles. The van der Waals surface area contributed by atoms with Gasteiger partial charge in [-0.1, -0.05) is 38.1 Å². The molecule has 0 aliphatic heterocycles. The van der Waals surface area contributed by atoms with Crippen LogP contribution in [0.15, 0.2) is 36.9 Å². The molecule has 0 aliphatic rings. The van der Waals surface area contributed by atoms with Crippen LogP contribution in [0.3, 0.4) is 0 Å². The third-order valence-corrected chi connectivity index (χ3v) is 1.66. The van der Waals surface area contributed by atoms with Gasteiger partial charge >= 0.3 is 0 Å². The molecule has 0 bridgehead atoms. The van der Waals surface area contributed by atoms with Crippen molar-refractivity contribution < 1.29 is 0 Å². The molecule has 0 radical (unpaired) electrons. The van der Waals surface area contributed by atoms with Crippen molar-refractivity contribution >= 4 is 5.69 Å². The van der Waals surface area contributed by atoms with Gasteiger partial charge in [-0.2, -0.15) is 0 Å². The van der Waals surface area contributed by atoms with Crippen molar-refractivity contribution in [2.75, 3.05) is 5.73 Å². The first-order valence-corrected chi connectivity index (χ1v) is 4.51. The van der Waals surface area contributed by atoms with Gasteiger partial charge in [0.1, 0.15) is 0 Å². The van der Waals surface area contributed by atoms with E-state index in [4.69, 9.17) is 5.73 Å². The molecule has 0 heterocycles. The van der Waals surface area contributed by atoms with Gasteiger partial charge in [-0.05, 0) is 24.5 Å². The lowest BCUT2D eigenvalue weighted by Crippen LogP contribution is -1.85. The number of para-hydroxylation sites is 1. The lowest BCUT2D eigenvalue weighted by molar-refractivity contribution is 0.835. The highest BCUT2D eigenvalue weighted by molar-refractivity contribution is 5.44. The summed E-state index contributed by atoms with van der Waals surface area (Å²) in [6.07, 6.45) is 1.92. The molecule has 1 heteroatoms. The summed E-state index contributed by atoms with van der Waals surface area (Å²) in [5.41, 5.74) is 7.53. The van der Waals surface area contributed by atoms with E-state index in [0.29, 0.717) is 5.92 Å². The van der Waals surface area contributed by atoms with Crippen LogP contribution in [-0.2, 0) is 0 Å². The largest absolute Gasteiger partial charge is 0.399 e. The molecule has 1 aromatic carbocycles. The van der Waals surface area contributed by atoms with Crippen molar-refractivity contribution in [2.45, 2.75) is 20.8 Å². The Labute approximate surface area is 81.3 Å². The van der Waals surface area contributed by atoms with Crippen molar-refractivity contribution in [1.29, 1.82) is 0 Å². The fourth-order valence-corrected chi connectivity index (χ4v) is 0.587. The van der Waals surface area contributed by atoms with Crippen molar-refractivity contribution in [3.63, 3.8) is 0 Å². The molecule has 0 fully saturated rings. The molecule has 0 spiro atoms. The second-order valence-corrected chi connectivity index (χ2v) is 3.34. The van der Waals surface area contributed by atoms with Crippen molar-refractivity contribution in [3.8, 4) is 0 Å². The number of hydrogen-bond acceptors (Lipinski definition) is 1. The van der Waals surface area contributed by atoms with Crippen molar-refractivity contribution in [2.24, 2.45) is 5.92 Å². The summed E-state index contributed by atoms with van der Waals surface area (Å²) in [5.74, 6) is 0.648. The number of hydrogen-bond donors (Lipinski definition) is 1. The van der Waals surface area contributed by atoms with E-state index in [1.807, 2.05) is 37.3 Å². The smallest absolute Gasteiger partial charge is 0.0343 e. The highest BCUT2D eigenvalue weighted by Crippen LogP contribution is 2.06. The number of nitrogen functional groups attached to an aromatic ring is 1. The molecule has 13 heavy (non-hydrogen) atoms. The zero-order chi connectivity index (χ0) is 10.3. The Hall–Kier alpha value is -1.24. The first-order valence-electron chi connectivity index (χ1n) is 4.51. The third-order valence-electron chi connectivity index (χ3n) is 1.66. The summed E-state index contributed by atoms with van der Waals surface area (Å²) in [6, 6.07) is 7.80. The summed E-state index contributed by atoms with van der Waals surface area (Å²) < 4.78 is 0. The SMILES string of the molecule is C=CC(C)C.Cc1ccccc1N. The average molecular weight is 177 g/mol. The number of rotatable bonds is 1. The molecule has 72 valence electrons. The normalized spacial score (nSPS) is 8.92. The standard InChI is InChI=1S/C7H9N.C5H10/c1-6-4-2-3-5-7(6)8;1-4-5(2)3/h2-5H,8H2,1H3;4-5H,1H2,2-3H3. The lowest BCUT2D eigenvalue weighted by Gasteiger charge is -1.93. The summed E-state index contributed by atoms with van der Waals surface area (Å²) in [6.45, 7) is 9.76. The molecule has 1 rings (SSSR count). The summed E-state index contributed by atoms with van der Waals surface area (Å²) in [7, 11) is 0. The van der Waals surface area contributed by atoms with Crippen LogP contribution in [0.5, 0.6) is 0 Å². The minimum absolute atomic E-state index is 0.648. The first kappa shape index (κ1) is 11.8. The van der Waals surface area contributed by atoms with E-state index in [1.54, 1.807) is 0 Å². The number of aryl methyl sites for hydroxylation is 1. The van der Waals surface area contributed by atoms with E-state index in [9.17, 15) is 0 Å². The van der Waals surface area contributed by atoms with Crippen LogP contribution >= 0.6 is 0 Å². The number of anilines is 1. The van der Waals surface area contributed by atoms with E-state index in [-0.39, 0.29) is 0 Å². The topological polar surface area (TPSA) is 26.0 Å². The van der Waals surface area contributed by atoms with Crippen LogP contribution in [0.1, 0.15) is 19.4 Å². The molecule has 0 saturated heterocycles. The van der Waals surface area contributed by atoms with E-state index in [0.717, 1.165) is 11.3 Å². The van der Waals surface area contributed by atoms with Crippen LogP contribution in [0.2, 0.25) is 0 Å². The van der Waals surface area contributed by atoms with Crippen LogP contribution in [0.4, 0.5) is 5.69 Å². The maximum Gasteiger partial charge on any atom is 0.0343 e. The number of nitrogens with two attached hydrogens (primary N) is 1. The molecule has 0 aliphatic carbocycles. The van der Waals surface area contributed by atoms with Gasteiger partial charge in [-0.25, -0.2) is 0 Å². The zero-order valence-corrected chi connectivity index (χ0v) is 8.75. The van der Waals surface area contributed by atoms with E-state index in [1.165, 1.54) is 0 Å². The Kier molecular flexibility index (Phi) is 5.69. The van der Waals surface area contributed by atoms with Crippen molar-refractivity contribution in [3.05, 3.63) is 42.5 Å². The minimum atomic E-state index is 0.648. The first-order chi connectivity index (χ1) is 6.07. The summed E-state index contributed by atoms with van der Waals surface area (Å²) in [5, 5.41) is 0. The monoisotopic (exact) mass is 177 g/mol. The zero-order valence-electron chi connectivity index (χ0n) is 8.75. The van der Waals surface area contributed by atoms with E-state index in [2.05, 4.69) is 20.4 Å². The molecule has 1 nitrogen and oxygen atoms in total. The second-order valence-electron chi connectivity index (χ2n) is 3.34. The maximum atomic E-state index is 5.52. The quantitative estimate of drug-likeness (QED) is 0.516. The minimum Gasteiger partial charge on any atom is -0.399 e. The molecule has 2 N–H and O–H groups in total. The molecule has 0 atom stereocenters. The van der Waals surface area contributed by atoms with E-state index < -0.39 is 0 Å². The van der Waals surface area contributed by atoms with Gasteiger partial charge in [-0.3, -0.25) is 0 Å². The highest BCUT2D eigenvalue weighted by atomic mass is 14.5. The Balaban J connectivity index is 0.000000252.